The quantitative estimate of drug-likeness (QED) is 0.674. The Kier molecular flexibility index (Phi) is 5.07. The molecule has 1 aromatic rings. The highest BCUT2D eigenvalue weighted by atomic mass is 16.5. The molecule has 3 aliphatic carbocycles. The summed E-state index contributed by atoms with van der Waals surface area (Å²) in [5.74, 6) is 1.72. The van der Waals surface area contributed by atoms with Crippen LogP contribution in [-0.2, 0) is 25.5 Å². The maximum absolute atomic E-state index is 12.0. The van der Waals surface area contributed by atoms with Gasteiger partial charge in [-0.2, -0.15) is 0 Å². The molecule has 0 saturated heterocycles. The zero-order chi connectivity index (χ0) is 21.0. The minimum Gasteiger partial charge on any atom is -0.469 e. The van der Waals surface area contributed by atoms with E-state index in [2.05, 4.69) is 20.8 Å². The van der Waals surface area contributed by atoms with Gasteiger partial charge < -0.3 is 13.9 Å². The molecule has 2 fully saturated rings. The maximum Gasteiger partial charge on any atom is 0.302 e. The average molecular weight is 403 g/mol. The Morgan fingerprint density at radius 1 is 1.17 bits per heavy atom. The third-order valence-electron chi connectivity index (χ3n) is 8.21. The van der Waals surface area contributed by atoms with E-state index in [1.807, 2.05) is 6.07 Å². The van der Waals surface area contributed by atoms with Crippen LogP contribution in [0.5, 0.6) is 0 Å². The SMILES string of the molecule is CC(=O)OC[C@@H]1c2ccoc2C[C@H]2[C@H]1C[C@H](OC(C)=O)[C@H]1C(C)(C)CCC[C@]21C. The lowest BCUT2D eigenvalue weighted by atomic mass is 9.43. The standard InChI is InChI=1S/C24H34O5/c1-14(25)28-13-18-16-7-10-27-20(16)12-19-17(18)11-21(29-15(2)26)22-23(3,4)8-6-9-24(19,22)5/h7,10,17-19,21-22H,6,8-9,11-13H2,1-5H3/t17-,18+,19-,21-,22-,24+/m0/s1. The third kappa shape index (κ3) is 3.40. The molecular formula is C24H34O5. The molecule has 1 heterocycles. The fourth-order valence-electron chi connectivity index (χ4n) is 7.39. The molecule has 5 nitrogen and oxygen atoms in total. The summed E-state index contributed by atoms with van der Waals surface area (Å²) in [5, 5.41) is 0. The Balaban J connectivity index is 1.77. The number of fused-ring (bicyclic) bond motifs is 4. The first-order chi connectivity index (χ1) is 13.6. The number of carbonyl (C=O) groups excluding carboxylic acids is 2. The highest BCUT2D eigenvalue weighted by molar-refractivity contribution is 5.66. The van der Waals surface area contributed by atoms with Gasteiger partial charge in [-0.15, -0.1) is 0 Å². The normalized spacial score (nSPS) is 37.6. The second-order valence-electron chi connectivity index (χ2n) is 10.4. The molecule has 5 heteroatoms. The number of rotatable bonds is 3. The van der Waals surface area contributed by atoms with E-state index in [1.165, 1.54) is 20.3 Å². The van der Waals surface area contributed by atoms with Crippen molar-refractivity contribution in [2.75, 3.05) is 6.61 Å². The Morgan fingerprint density at radius 2 is 1.93 bits per heavy atom. The maximum atomic E-state index is 12.0. The van der Waals surface area contributed by atoms with E-state index >= 15 is 0 Å². The number of esters is 2. The molecule has 0 radical (unpaired) electrons. The van der Waals surface area contributed by atoms with E-state index in [-0.39, 0.29) is 34.8 Å². The fourth-order valence-corrected chi connectivity index (χ4v) is 7.39. The van der Waals surface area contributed by atoms with Crippen molar-refractivity contribution in [1.29, 1.82) is 0 Å². The molecule has 2 saturated carbocycles. The molecule has 0 bridgehead atoms. The average Bonchev–Trinajstić information content (AvgIpc) is 3.06. The van der Waals surface area contributed by atoms with Gasteiger partial charge in [0.05, 0.1) is 12.9 Å². The van der Waals surface area contributed by atoms with Crippen LogP contribution in [0.25, 0.3) is 0 Å². The first-order valence-corrected chi connectivity index (χ1v) is 11.0. The van der Waals surface area contributed by atoms with Crippen LogP contribution in [0.3, 0.4) is 0 Å². The number of hydrogen-bond acceptors (Lipinski definition) is 5. The van der Waals surface area contributed by atoms with Crippen LogP contribution in [0.2, 0.25) is 0 Å². The van der Waals surface area contributed by atoms with Crippen LogP contribution < -0.4 is 0 Å². The summed E-state index contributed by atoms with van der Waals surface area (Å²) in [7, 11) is 0. The second kappa shape index (κ2) is 7.17. The van der Waals surface area contributed by atoms with Gasteiger partial charge >= 0.3 is 11.9 Å². The number of hydrogen-bond donors (Lipinski definition) is 0. The van der Waals surface area contributed by atoms with E-state index in [4.69, 9.17) is 13.9 Å². The Hall–Kier alpha value is -1.78. The van der Waals surface area contributed by atoms with Crippen LogP contribution >= 0.6 is 0 Å². The monoisotopic (exact) mass is 402 g/mol. The van der Waals surface area contributed by atoms with Crippen molar-refractivity contribution in [3.8, 4) is 0 Å². The molecule has 0 aromatic carbocycles. The Bertz CT molecular complexity index is 793. The molecule has 1 aromatic heterocycles. The van der Waals surface area contributed by atoms with Crippen molar-refractivity contribution >= 4 is 11.9 Å². The van der Waals surface area contributed by atoms with Gasteiger partial charge in [0.15, 0.2) is 0 Å². The van der Waals surface area contributed by atoms with E-state index < -0.39 is 0 Å². The molecule has 0 spiro atoms. The van der Waals surface area contributed by atoms with Crippen molar-refractivity contribution in [2.24, 2.45) is 28.6 Å². The predicted molar refractivity (Wildman–Crippen MR) is 108 cm³/mol. The smallest absolute Gasteiger partial charge is 0.302 e. The third-order valence-corrected chi connectivity index (χ3v) is 8.21. The molecule has 160 valence electrons. The number of carbonyl (C=O) groups is 2. The summed E-state index contributed by atoms with van der Waals surface area (Å²) >= 11 is 0. The van der Waals surface area contributed by atoms with Crippen molar-refractivity contribution in [2.45, 2.75) is 78.7 Å². The van der Waals surface area contributed by atoms with Gasteiger partial charge in [-0.05, 0) is 48.0 Å². The summed E-state index contributed by atoms with van der Waals surface area (Å²) in [5.41, 5.74) is 1.34. The highest BCUT2D eigenvalue weighted by Gasteiger charge is 2.61. The van der Waals surface area contributed by atoms with Gasteiger partial charge in [0.2, 0.25) is 0 Å². The second-order valence-corrected chi connectivity index (χ2v) is 10.4. The van der Waals surface area contributed by atoms with E-state index in [1.54, 1.807) is 6.26 Å². The van der Waals surface area contributed by atoms with Crippen LogP contribution in [0.15, 0.2) is 16.7 Å². The van der Waals surface area contributed by atoms with Gasteiger partial charge in [0.25, 0.3) is 0 Å². The van der Waals surface area contributed by atoms with E-state index in [0.717, 1.165) is 37.0 Å². The topological polar surface area (TPSA) is 65.7 Å². The van der Waals surface area contributed by atoms with Gasteiger partial charge in [-0.25, -0.2) is 0 Å². The van der Waals surface area contributed by atoms with E-state index in [9.17, 15) is 9.59 Å². The molecular weight excluding hydrogens is 368 g/mol. The summed E-state index contributed by atoms with van der Waals surface area (Å²) in [6, 6.07) is 2.03. The molecule has 0 unspecified atom stereocenters. The zero-order valence-electron chi connectivity index (χ0n) is 18.3. The van der Waals surface area contributed by atoms with Crippen LogP contribution in [0.4, 0.5) is 0 Å². The summed E-state index contributed by atoms with van der Waals surface area (Å²) in [6.45, 7) is 10.4. The van der Waals surface area contributed by atoms with Crippen molar-refractivity contribution < 1.29 is 23.5 Å². The molecule has 0 aliphatic heterocycles. The first-order valence-electron chi connectivity index (χ1n) is 11.0. The van der Waals surface area contributed by atoms with Crippen molar-refractivity contribution in [1.82, 2.24) is 0 Å². The molecule has 29 heavy (non-hydrogen) atoms. The first kappa shape index (κ1) is 20.5. The minimum atomic E-state index is -0.257. The lowest BCUT2D eigenvalue weighted by Gasteiger charge is -2.63. The lowest BCUT2D eigenvalue weighted by molar-refractivity contribution is -0.193. The van der Waals surface area contributed by atoms with Gasteiger partial charge in [0.1, 0.15) is 11.9 Å². The van der Waals surface area contributed by atoms with Gasteiger partial charge in [-0.1, -0.05) is 27.2 Å². The lowest BCUT2D eigenvalue weighted by Crippen LogP contribution is -2.60. The zero-order valence-corrected chi connectivity index (χ0v) is 18.3. The van der Waals surface area contributed by atoms with Crippen LogP contribution in [0, 0.1) is 28.6 Å². The molecule has 3 aliphatic rings. The fraction of sp³-hybridized carbons (Fsp3) is 0.750. The summed E-state index contributed by atoms with van der Waals surface area (Å²) < 4.78 is 17.4. The summed E-state index contributed by atoms with van der Waals surface area (Å²) in [6.07, 6.45) is 6.89. The largest absolute Gasteiger partial charge is 0.469 e. The molecule has 6 atom stereocenters. The number of furan rings is 1. The van der Waals surface area contributed by atoms with Crippen molar-refractivity contribution in [3.05, 3.63) is 23.7 Å². The van der Waals surface area contributed by atoms with Crippen molar-refractivity contribution in [3.63, 3.8) is 0 Å². The number of ether oxygens (including phenoxy) is 2. The Labute approximate surface area is 173 Å². The van der Waals surface area contributed by atoms with Crippen LogP contribution in [0.1, 0.15) is 77.5 Å². The highest BCUT2D eigenvalue weighted by Crippen LogP contribution is 2.65. The summed E-state index contributed by atoms with van der Waals surface area (Å²) in [4.78, 5) is 23.6. The molecule has 0 N–H and O–H groups in total. The van der Waals surface area contributed by atoms with Gasteiger partial charge in [0, 0.05) is 37.7 Å². The molecule has 0 amide bonds. The van der Waals surface area contributed by atoms with E-state index in [0.29, 0.717) is 24.4 Å². The minimum absolute atomic E-state index is 0.0593. The Morgan fingerprint density at radius 3 is 2.62 bits per heavy atom. The predicted octanol–water partition coefficient (Wildman–Crippen LogP) is 4.88. The molecule has 4 rings (SSSR count). The van der Waals surface area contributed by atoms with Gasteiger partial charge in [-0.3, -0.25) is 9.59 Å². The van der Waals surface area contributed by atoms with Crippen LogP contribution in [-0.4, -0.2) is 24.6 Å².